The Balaban J connectivity index is 2.83. The monoisotopic (exact) mass is 236 g/mol. The quantitative estimate of drug-likeness (QED) is 0.477. The molecule has 0 aliphatic heterocycles. The van der Waals surface area contributed by atoms with Crippen LogP contribution in [0.4, 0.5) is 0 Å². The van der Waals surface area contributed by atoms with Crippen LogP contribution < -0.4 is 0 Å². The Hall–Kier alpha value is -0.260. The minimum absolute atomic E-state index is 0.861. The highest BCUT2D eigenvalue weighted by atomic mass is 14.4. The minimum Gasteiger partial charge on any atom is -0.0736 e. The summed E-state index contributed by atoms with van der Waals surface area (Å²) in [6, 6.07) is 0. The third-order valence-corrected chi connectivity index (χ3v) is 4.84. The molecule has 1 saturated carbocycles. The fourth-order valence-electron chi connectivity index (χ4n) is 3.41. The van der Waals surface area contributed by atoms with Gasteiger partial charge in [0.1, 0.15) is 0 Å². The van der Waals surface area contributed by atoms with E-state index in [1.807, 2.05) is 5.57 Å². The van der Waals surface area contributed by atoms with Crippen LogP contribution in [-0.2, 0) is 0 Å². The van der Waals surface area contributed by atoms with Crippen LogP contribution in [0.1, 0.15) is 79.6 Å². The molecule has 0 nitrogen and oxygen atoms in total. The van der Waals surface area contributed by atoms with Gasteiger partial charge in [0, 0.05) is 0 Å². The third-order valence-electron chi connectivity index (χ3n) is 4.84. The second kappa shape index (κ2) is 7.24. The zero-order valence-corrected chi connectivity index (χ0v) is 12.7. The molecule has 1 fully saturated rings. The van der Waals surface area contributed by atoms with Crippen molar-refractivity contribution < 1.29 is 0 Å². The Kier molecular flexibility index (Phi) is 6.30. The van der Waals surface area contributed by atoms with Gasteiger partial charge < -0.3 is 0 Å². The first kappa shape index (κ1) is 14.8. The third kappa shape index (κ3) is 3.60. The molecule has 0 aromatic rings. The molecule has 0 heterocycles. The Morgan fingerprint density at radius 3 is 2.12 bits per heavy atom. The average Bonchev–Trinajstić information content (AvgIpc) is 2.34. The van der Waals surface area contributed by atoms with E-state index >= 15 is 0 Å². The zero-order valence-electron chi connectivity index (χ0n) is 12.7. The molecule has 0 radical (unpaired) electrons. The Labute approximate surface area is 109 Å². The molecule has 0 saturated heterocycles. The molecule has 0 amide bonds. The van der Waals surface area contributed by atoms with E-state index in [2.05, 4.69) is 34.6 Å². The van der Waals surface area contributed by atoms with Gasteiger partial charge >= 0.3 is 0 Å². The molecule has 2 atom stereocenters. The van der Waals surface area contributed by atoms with Crippen LogP contribution in [0.15, 0.2) is 11.1 Å². The predicted molar refractivity (Wildman–Crippen MR) is 78.2 cm³/mol. The first-order valence-electron chi connectivity index (χ1n) is 7.85. The van der Waals surface area contributed by atoms with E-state index in [1.54, 1.807) is 5.57 Å². The SMILES string of the molecule is CCCCC(C)=C(C(CC)CC)C1CCC1C. The number of hydrogen-bond acceptors (Lipinski definition) is 0. The van der Waals surface area contributed by atoms with E-state index in [0.717, 1.165) is 17.8 Å². The van der Waals surface area contributed by atoms with E-state index < -0.39 is 0 Å². The molecule has 0 aromatic carbocycles. The maximum Gasteiger partial charge on any atom is -0.0172 e. The molecule has 1 rings (SSSR count). The van der Waals surface area contributed by atoms with Crippen molar-refractivity contribution in [1.29, 1.82) is 0 Å². The summed E-state index contributed by atoms with van der Waals surface area (Å²) in [4.78, 5) is 0. The normalized spacial score (nSPS) is 25.8. The van der Waals surface area contributed by atoms with Crippen molar-refractivity contribution in [2.24, 2.45) is 17.8 Å². The molecular formula is C17H32. The van der Waals surface area contributed by atoms with Crippen molar-refractivity contribution in [1.82, 2.24) is 0 Å². The highest BCUT2D eigenvalue weighted by Crippen LogP contribution is 2.45. The van der Waals surface area contributed by atoms with Crippen LogP contribution >= 0.6 is 0 Å². The highest BCUT2D eigenvalue weighted by molar-refractivity contribution is 5.21. The van der Waals surface area contributed by atoms with Crippen molar-refractivity contribution in [3.63, 3.8) is 0 Å². The Morgan fingerprint density at radius 2 is 1.76 bits per heavy atom. The largest absolute Gasteiger partial charge is 0.0736 e. The van der Waals surface area contributed by atoms with Crippen LogP contribution in [0.3, 0.4) is 0 Å². The molecule has 1 aliphatic rings. The van der Waals surface area contributed by atoms with Gasteiger partial charge in [0.05, 0.1) is 0 Å². The molecular weight excluding hydrogens is 204 g/mol. The number of allylic oxidation sites excluding steroid dienone is 2. The van der Waals surface area contributed by atoms with Gasteiger partial charge in [-0.05, 0) is 63.2 Å². The number of hydrogen-bond donors (Lipinski definition) is 0. The summed E-state index contributed by atoms with van der Waals surface area (Å²) < 4.78 is 0. The van der Waals surface area contributed by atoms with Gasteiger partial charge in [0.15, 0.2) is 0 Å². The van der Waals surface area contributed by atoms with Gasteiger partial charge in [-0.15, -0.1) is 0 Å². The maximum atomic E-state index is 2.45. The molecule has 0 aromatic heterocycles. The number of unbranched alkanes of at least 4 members (excludes halogenated alkanes) is 1. The van der Waals surface area contributed by atoms with Crippen LogP contribution in [0.25, 0.3) is 0 Å². The van der Waals surface area contributed by atoms with Crippen LogP contribution in [-0.4, -0.2) is 0 Å². The van der Waals surface area contributed by atoms with Crippen molar-refractivity contribution in [2.45, 2.75) is 79.6 Å². The molecule has 2 unspecified atom stereocenters. The topological polar surface area (TPSA) is 0 Å². The summed E-state index contributed by atoms with van der Waals surface area (Å²) in [6.07, 6.45) is 9.61. The van der Waals surface area contributed by atoms with Gasteiger partial charge in [-0.1, -0.05) is 45.3 Å². The molecule has 0 N–H and O–H groups in total. The molecule has 0 spiro atoms. The van der Waals surface area contributed by atoms with Crippen LogP contribution in [0.5, 0.6) is 0 Å². The van der Waals surface area contributed by atoms with Gasteiger partial charge in [0.25, 0.3) is 0 Å². The standard InChI is InChI=1S/C17H32/c1-6-9-10-14(5)17(15(7-2)8-3)16-12-11-13(16)4/h13,15-16H,6-12H2,1-5H3. The average molecular weight is 236 g/mol. The second-order valence-corrected chi connectivity index (χ2v) is 6.01. The zero-order chi connectivity index (χ0) is 12.8. The highest BCUT2D eigenvalue weighted by Gasteiger charge is 2.33. The fraction of sp³-hybridized carbons (Fsp3) is 0.882. The lowest BCUT2D eigenvalue weighted by Gasteiger charge is -2.40. The molecule has 1 aliphatic carbocycles. The lowest BCUT2D eigenvalue weighted by molar-refractivity contribution is 0.214. The summed E-state index contributed by atoms with van der Waals surface area (Å²) in [5, 5.41) is 0. The van der Waals surface area contributed by atoms with Gasteiger partial charge in [-0.2, -0.15) is 0 Å². The fourth-order valence-corrected chi connectivity index (χ4v) is 3.41. The predicted octanol–water partition coefficient (Wildman–Crippen LogP) is 5.98. The van der Waals surface area contributed by atoms with Gasteiger partial charge in [-0.3, -0.25) is 0 Å². The van der Waals surface area contributed by atoms with Gasteiger partial charge in [0.2, 0.25) is 0 Å². The lowest BCUT2D eigenvalue weighted by atomic mass is 9.65. The van der Waals surface area contributed by atoms with E-state index in [1.165, 1.54) is 44.9 Å². The second-order valence-electron chi connectivity index (χ2n) is 6.01. The van der Waals surface area contributed by atoms with E-state index in [-0.39, 0.29) is 0 Å². The summed E-state index contributed by atoms with van der Waals surface area (Å²) >= 11 is 0. The van der Waals surface area contributed by atoms with Crippen molar-refractivity contribution in [3.05, 3.63) is 11.1 Å². The minimum atomic E-state index is 0.861. The van der Waals surface area contributed by atoms with Crippen LogP contribution in [0, 0.1) is 17.8 Å². The van der Waals surface area contributed by atoms with E-state index in [9.17, 15) is 0 Å². The van der Waals surface area contributed by atoms with Gasteiger partial charge in [-0.25, -0.2) is 0 Å². The molecule has 100 valence electrons. The molecule has 0 heteroatoms. The van der Waals surface area contributed by atoms with E-state index in [4.69, 9.17) is 0 Å². The Bertz CT molecular complexity index is 238. The maximum absolute atomic E-state index is 2.45. The smallest absolute Gasteiger partial charge is 0.0172 e. The molecule has 17 heavy (non-hydrogen) atoms. The van der Waals surface area contributed by atoms with Crippen molar-refractivity contribution >= 4 is 0 Å². The first-order chi connectivity index (χ1) is 8.15. The summed E-state index contributed by atoms with van der Waals surface area (Å²) in [7, 11) is 0. The Morgan fingerprint density at radius 1 is 1.12 bits per heavy atom. The lowest BCUT2D eigenvalue weighted by Crippen LogP contribution is -2.29. The van der Waals surface area contributed by atoms with Crippen molar-refractivity contribution in [3.8, 4) is 0 Å². The van der Waals surface area contributed by atoms with E-state index in [0.29, 0.717) is 0 Å². The number of rotatable bonds is 7. The summed E-state index contributed by atoms with van der Waals surface area (Å²) in [5.74, 6) is 2.73. The summed E-state index contributed by atoms with van der Waals surface area (Å²) in [6.45, 7) is 11.9. The van der Waals surface area contributed by atoms with Crippen molar-refractivity contribution in [2.75, 3.05) is 0 Å². The van der Waals surface area contributed by atoms with Crippen LogP contribution in [0.2, 0.25) is 0 Å². The summed E-state index contributed by atoms with van der Waals surface area (Å²) in [5.41, 5.74) is 3.60. The first-order valence-corrected chi connectivity index (χ1v) is 7.85. The molecule has 0 bridgehead atoms.